The molecule has 0 aromatic carbocycles. The molecule has 0 heterocycles. The topological polar surface area (TPSA) is 20.2 Å². The Morgan fingerprint density at radius 1 is 1.13 bits per heavy atom. The van der Waals surface area contributed by atoms with Crippen LogP contribution in [-0.4, -0.2) is 11.2 Å². The van der Waals surface area contributed by atoms with Crippen molar-refractivity contribution in [3.8, 4) is 0 Å². The molecule has 4 rings (SSSR count). The van der Waals surface area contributed by atoms with E-state index in [1.165, 1.54) is 56.9 Å². The number of rotatable bonds is 4. The largest absolute Gasteiger partial charge is 0.392 e. The summed E-state index contributed by atoms with van der Waals surface area (Å²) in [6.07, 6.45) is 15.8. The lowest BCUT2D eigenvalue weighted by atomic mass is 9.46. The maximum absolute atomic E-state index is 11.3. The average molecular weight is 411 g/mol. The minimum absolute atomic E-state index is 0.00927. The van der Waals surface area contributed by atoms with Gasteiger partial charge >= 0.3 is 0 Å². The quantitative estimate of drug-likeness (QED) is 0.465. The zero-order valence-corrected chi connectivity index (χ0v) is 20.8. The predicted octanol–water partition coefficient (Wildman–Crippen LogP) is 8.01. The van der Waals surface area contributed by atoms with Gasteiger partial charge in [-0.25, -0.2) is 0 Å². The maximum atomic E-state index is 11.3. The van der Waals surface area contributed by atoms with Crippen molar-refractivity contribution in [1.29, 1.82) is 0 Å². The minimum Gasteiger partial charge on any atom is -0.392 e. The van der Waals surface area contributed by atoms with Crippen LogP contribution in [0.4, 0.5) is 0 Å². The van der Waals surface area contributed by atoms with Gasteiger partial charge in [0.2, 0.25) is 0 Å². The van der Waals surface area contributed by atoms with E-state index < -0.39 is 0 Å². The van der Waals surface area contributed by atoms with E-state index in [-0.39, 0.29) is 11.5 Å². The molecule has 0 radical (unpaired) electrons. The molecular weight excluding hydrogens is 364 g/mol. The third kappa shape index (κ3) is 3.30. The molecule has 2 unspecified atom stereocenters. The van der Waals surface area contributed by atoms with Crippen LogP contribution in [0.25, 0.3) is 0 Å². The van der Waals surface area contributed by atoms with Gasteiger partial charge < -0.3 is 5.11 Å². The fourth-order valence-electron chi connectivity index (χ4n) is 8.42. The molecule has 1 heteroatoms. The summed E-state index contributed by atoms with van der Waals surface area (Å²) >= 11 is 0. The monoisotopic (exact) mass is 410 g/mol. The van der Waals surface area contributed by atoms with Gasteiger partial charge in [0.15, 0.2) is 0 Å². The molecule has 6 atom stereocenters. The van der Waals surface area contributed by atoms with Crippen molar-refractivity contribution in [2.24, 2.45) is 34.0 Å². The highest BCUT2D eigenvalue weighted by atomic mass is 16.3. The zero-order chi connectivity index (χ0) is 21.9. The Labute approximate surface area is 186 Å². The van der Waals surface area contributed by atoms with E-state index in [9.17, 15) is 5.11 Å². The Bertz CT molecular complexity index is 776. The number of aliphatic hydroxyl groups is 1. The van der Waals surface area contributed by atoms with Gasteiger partial charge in [-0.15, -0.1) is 0 Å². The van der Waals surface area contributed by atoms with Gasteiger partial charge in [-0.3, -0.25) is 0 Å². The van der Waals surface area contributed by atoms with E-state index >= 15 is 0 Å². The minimum atomic E-state index is -0.161. The van der Waals surface area contributed by atoms with E-state index in [1.54, 1.807) is 16.7 Å². The van der Waals surface area contributed by atoms with Crippen molar-refractivity contribution in [2.45, 2.75) is 112 Å². The van der Waals surface area contributed by atoms with Crippen molar-refractivity contribution in [3.63, 3.8) is 0 Å². The van der Waals surface area contributed by atoms with Gasteiger partial charge in [0, 0.05) is 5.41 Å². The van der Waals surface area contributed by atoms with Crippen LogP contribution < -0.4 is 0 Å². The molecule has 0 bridgehead atoms. The molecule has 1 N–H and O–H groups in total. The number of hydrogen-bond acceptors (Lipinski definition) is 1. The molecule has 0 spiro atoms. The highest BCUT2D eigenvalue weighted by molar-refractivity contribution is 5.50. The third-order valence-corrected chi connectivity index (χ3v) is 10.2. The average Bonchev–Trinajstić information content (AvgIpc) is 3.02. The van der Waals surface area contributed by atoms with E-state index in [0.717, 1.165) is 18.3 Å². The fourth-order valence-corrected chi connectivity index (χ4v) is 8.42. The molecule has 0 aromatic rings. The molecule has 0 amide bonds. The molecule has 1 saturated carbocycles. The molecule has 1 fully saturated rings. The van der Waals surface area contributed by atoms with Gasteiger partial charge in [0.05, 0.1) is 6.10 Å². The van der Waals surface area contributed by atoms with Crippen LogP contribution >= 0.6 is 0 Å². The van der Waals surface area contributed by atoms with E-state index in [2.05, 4.69) is 60.6 Å². The Morgan fingerprint density at radius 3 is 2.57 bits per heavy atom. The Morgan fingerprint density at radius 2 is 1.87 bits per heavy atom. The summed E-state index contributed by atoms with van der Waals surface area (Å²) < 4.78 is 0. The summed E-state index contributed by atoms with van der Waals surface area (Å²) in [5.41, 5.74) is 7.16. The van der Waals surface area contributed by atoms with Crippen molar-refractivity contribution >= 4 is 0 Å². The third-order valence-electron chi connectivity index (χ3n) is 10.2. The van der Waals surface area contributed by atoms with Crippen LogP contribution in [0.15, 0.2) is 34.4 Å². The normalized spacial score (nSPS) is 40.8. The molecule has 1 nitrogen and oxygen atoms in total. The fraction of sp³-hybridized carbons (Fsp3) is 0.793. The molecular formula is C29H46O. The first kappa shape index (κ1) is 22.4. The number of hydrogen-bond donors (Lipinski definition) is 1. The smallest absolute Gasteiger partial charge is 0.0634 e. The van der Waals surface area contributed by atoms with Crippen LogP contribution in [0, 0.1) is 34.0 Å². The zero-order valence-electron chi connectivity index (χ0n) is 20.8. The van der Waals surface area contributed by atoms with Gasteiger partial charge in [0.25, 0.3) is 0 Å². The SMILES string of the molecule is CC(C)=CCC[C@@H](C)[C@H]1CC=C2C3=C(CC[C@@]21C)[C@@]1(C)C(O)CCC(C)(C)C1CC3. The second-order valence-electron chi connectivity index (χ2n) is 12.6. The molecule has 4 aliphatic carbocycles. The van der Waals surface area contributed by atoms with Crippen LogP contribution in [0.3, 0.4) is 0 Å². The first-order valence-electron chi connectivity index (χ1n) is 12.8. The first-order valence-corrected chi connectivity index (χ1v) is 12.8. The lowest BCUT2D eigenvalue weighted by Gasteiger charge is -2.59. The number of fused-ring (bicyclic) bond motifs is 4. The molecule has 0 aliphatic heterocycles. The first-order chi connectivity index (χ1) is 14.0. The summed E-state index contributed by atoms with van der Waals surface area (Å²) in [6.45, 7) is 16.9. The summed E-state index contributed by atoms with van der Waals surface area (Å²) in [5, 5.41) is 11.3. The predicted molar refractivity (Wildman–Crippen MR) is 128 cm³/mol. The van der Waals surface area contributed by atoms with Crippen molar-refractivity contribution in [3.05, 3.63) is 34.4 Å². The Hall–Kier alpha value is -0.820. The second kappa shape index (κ2) is 7.65. The van der Waals surface area contributed by atoms with Crippen LogP contribution in [0.1, 0.15) is 106 Å². The van der Waals surface area contributed by atoms with Crippen molar-refractivity contribution < 1.29 is 5.11 Å². The maximum Gasteiger partial charge on any atom is 0.0634 e. The summed E-state index contributed by atoms with van der Waals surface area (Å²) in [5.74, 6) is 2.18. The van der Waals surface area contributed by atoms with Crippen LogP contribution in [0.2, 0.25) is 0 Å². The van der Waals surface area contributed by atoms with Gasteiger partial charge in [-0.1, -0.05) is 57.9 Å². The number of aliphatic hydroxyl groups excluding tert-OH is 1. The summed E-state index contributed by atoms with van der Waals surface area (Å²) in [7, 11) is 0. The van der Waals surface area contributed by atoms with Gasteiger partial charge in [0.1, 0.15) is 0 Å². The van der Waals surface area contributed by atoms with Gasteiger partial charge in [-0.2, -0.15) is 0 Å². The van der Waals surface area contributed by atoms with Crippen molar-refractivity contribution in [1.82, 2.24) is 0 Å². The Kier molecular flexibility index (Phi) is 5.70. The van der Waals surface area contributed by atoms with Gasteiger partial charge in [-0.05, 0) is 111 Å². The van der Waals surface area contributed by atoms with E-state index in [0.29, 0.717) is 16.7 Å². The molecule has 168 valence electrons. The molecule has 30 heavy (non-hydrogen) atoms. The molecule has 4 aliphatic rings. The Balaban J connectivity index is 1.63. The molecule has 0 saturated heterocycles. The summed E-state index contributed by atoms with van der Waals surface area (Å²) in [6, 6.07) is 0. The highest BCUT2D eigenvalue weighted by Gasteiger charge is 2.58. The van der Waals surface area contributed by atoms with Crippen LogP contribution in [0.5, 0.6) is 0 Å². The highest BCUT2D eigenvalue weighted by Crippen LogP contribution is 2.66. The van der Waals surface area contributed by atoms with E-state index in [1.807, 2.05) is 0 Å². The van der Waals surface area contributed by atoms with Crippen LogP contribution in [-0.2, 0) is 0 Å². The summed E-state index contributed by atoms with van der Waals surface area (Å²) in [4.78, 5) is 0. The number of allylic oxidation sites excluding steroid dienone is 5. The lowest BCUT2D eigenvalue weighted by molar-refractivity contribution is -0.0888. The molecule has 0 aromatic heterocycles. The lowest BCUT2D eigenvalue weighted by Crippen LogP contribution is -2.54. The standard InChI is InChI=1S/C29H46O/c1-19(2)9-8-10-20(3)22-12-13-23-21-11-14-25-27(4,5)17-16-26(30)29(25,7)24(21)15-18-28(22,23)6/h9,13,20,22,25-26,30H,8,10-12,14-18H2,1-7H3/t20-,22-,25?,26?,28-,29-/m1/s1. The van der Waals surface area contributed by atoms with E-state index in [4.69, 9.17) is 0 Å². The van der Waals surface area contributed by atoms with Crippen molar-refractivity contribution in [2.75, 3.05) is 0 Å². The second-order valence-corrected chi connectivity index (χ2v) is 12.6.